The number of carboxylic acid groups (broad SMARTS) is 1. The van der Waals surface area contributed by atoms with E-state index < -0.39 is 5.97 Å². The van der Waals surface area contributed by atoms with E-state index in [1.165, 1.54) is 11.3 Å². The van der Waals surface area contributed by atoms with E-state index in [9.17, 15) is 4.79 Å². The van der Waals surface area contributed by atoms with Gasteiger partial charge in [0.2, 0.25) is 0 Å². The van der Waals surface area contributed by atoms with Crippen LogP contribution < -0.4 is 5.32 Å². The predicted octanol–water partition coefficient (Wildman–Crippen LogP) is 4.75. The van der Waals surface area contributed by atoms with Crippen LogP contribution in [0.4, 0.5) is 5.82 Å². The van der Waals surface area contributed by atoms with E-state index in [0.29, 0.717) is 11.5 Å². The second-order valence-corrected chi connectivity index (χ2v) is 8.95. The molecule has 2 N–H and O–H groups in total. The van der Waals surface area contributed by atoms with Crippen LogP contribution in [0, 0.1) is 0 Å². The summed E-state index contributed by atoms with van der Waals surface area (Å²) >= 11 is 0. The number of nitrogens with zero attached hydrogens (tertiary/aromatic N) is 4. The fourth-order valence-corrected chi connectivity index (χ4v) is 4.93. The first-order chi connectivity index (χ1) is 16.5. The summed E-state index contributed by atoms with van der Waals surface area (Å²) in [6, 6.07) is 15.8. The summed E-state index contributed by atoms with van der Waals surface area (Å²) in [5, 5.41) is 13.3. The molecule has 0 radical (unpaired) electrons. The van der Waals surface area contributed by atoms with Gasteiger partial charge in [-0.25, -0.2) is 14.8 Å². The first-order valence-corrected chi connectivity index (χ1v) is 11.7. The van der Waals surface area contributed by atoms with Gasteiger partial charge in [-0.05, 0) is 79.4 Å². The maximum atomic E-state index is 11.1. The van der Waals surface area contributed by atoms with Crippen molar-refractivity contribution in [1.82, 2.24) is 19.4 Å². The molecule has 0 spiro atoms. The Kier molecular flexibility index (Phi) is 6.02. The molecule has 4 heterocycles. The van der Waals surface area contributed by atoms with Crippen molar-refractivity contribution in [3.63, 3.8) is 0 Å². The number of hydrogen-bond donors (Lipinski definition) is 2. The van der Waals surface area contributed by atoms with Crippen LogP contribution in [0.5, 0.6) is 0 Å². The number of anilines is 1. The van der Waals surface area contributed by atoms with Gasteiger partial charge in [-0.1, -0.05) is 12.1 Å². The molecule has 0 bridgehead atoms. The van der Waals surface area contributed by atoms with Gasteiger partial charge in [0.05, 0.1) is 5.56 Å². The van der Waals surface area contributed by atoms with Crippen molar-refractivity contribution in [2.75, 3.05) is 25.5 Å². The first-order valence-electron chi connectivity index (χ1n) is 11.7. The van der Waals surface area contributed by atoms with Crippen molar-refractivity contribution < 1.29 is 9.90 Å². The molecule has 4 aromatic rings. The fraction of sp³-hybridized carbons (Fsp3) is 0.296. The van der Waals surface area contributed by atoms with Crippen LogP contribution in [0.1, 0.15) is 40.4 Å². The number of rotatable bonds is 6. The van der Waals surface area contributed by atoms with E-state index in [1.54, 1.807) is 12.1 Å². The van der Waals surface area contributed by atoms with Crippen LogP contribution in [-0.4, -0.2) is 50.6 Å². The number of nitrogens with one attached hydrogen (secondary N) is 1. The lowest BCUT2D eigenvalue weighted by Gasteiger charge is -2.32. The third kappa shape index (κ3) is 4.26. The molecule has 1 aromatic carbocycles. The average molecular weight is 456 g/mol. The number of carboxylic acids is 1. The zero-order chi connectivity index (χ0) is 23.7. The lowest BCUT2D eigenvalue weighted by atomic mass is 9.89. The van der Waals surface area contributed by atoms with Gasteiger partial charge in [-0.15, -0.1) is 0 Å². The average Bonchev–Trinajstić information content (AvgIpc) is 3.20. The molecule has 0 saturated carbocycles. The molecule has 0 amide bonds. The standard InChI is InChI=1S/C27H29N5O2/c1-28-25-8-7-21(16-30-25)23-9-12-29-26-24(23)15-22(31(26)2)17-32-13-10-19(11-14-32)18-3-5-20(6-4-18)27(33)34/h3-9,12,15-16,19H,10-11,13-14,17H2,1-2H3,(H,28,30)(H,33,34). The van der Waals surface area contributed by atoms with Crippen LogP contribution in [0.15, 0.2) is 60.9 Å². The van der Waals surface area contributed by atoms with Crippen LogP contribution in [0.25, 0.3) is 22.2 Å². The van der Waals surface area contributed by atoms with E-state index >= 15 is 0 Å². The Balaban J connectivity index is 1.31. The van der Waals surface area contributed by atoms with Crippen molar-refractivity contribution in [2.45, 2.75) is 25.3 Å². The van der Waals surface area contributed by atoms with Crippen molar-refractivity contribution in [3.8, 4) is 11.1 Å². The van der Waals surface area contributed by atoms with Gasteiger partial charge in [-0.2, -0.15) is 0 Å². The zero-order valence-electron chi connectivity index (χ0n) is 19.5. The van der Waals surface area contributed by atoms with Gasteiger partial charge in [0.25, 0.3) is 0 Å². The minimum atomic E-state index is -0.875. The topological polar surface area (TPSA) is 83.3 Å². The SMILES string of the molecule is CNc1ccc(-c2ccnc3c2cc(CN2CCC(c4ccc(C(=O)O)cc4)CC2)n3C)cn1. The van der Waals surface area contributed by atoms with E-state index in [1.807, 2.05) is 37.6 Å². The summed E-state index contributed by atoms with van der Waals surface area (Å²) in [6.07, 6.45) is 5.92. The number of aromatic carboxylic acids is 1. The highest BCUT2D eigenvalue weighted by molar-refractivity contribution is 5.93. The lowest BCUT2D eigenvalue weighted by molar-refractivity contribution is 0.0697. The summed E-state index contributed by atoms with van der Waals surface area (Å²) in [7, 11) is 3.96. The number of benzene rings is 1. The van der Waals surface area contributed by atoms with Crippen LogP contribution in [0.2, 0.25) is 0 Å². The van der Waals surface area contributed by atoms with Gasteiger partial charge in [0.15, 0.2) is 0 Å². The molecule has 1 saturated heterocycles. The Labute approximate surface area is 199 Å². The number of carbonyl (C=O) groups is 1. The predicted molar refractivity (Wildman–Crippen MR) is 134 cm³/mol. The smallest absolute Gasteiger partial charge is 0.335 e. The number of aryl methyl sites for hydroxylation is 1. The highest BCUT2D eigenvalue weighted by Crippen LogP contribution is 2.32. The zero-order valence-corrected chi connectivity index (χ0v) is 19.5. The third-order valence-electron chi connectivity index (χ3n) is 6.96. The monoisotopic (exact) mass is 455 g/mol. The highest BCUT2D eigenvalue weighted by Gasteiger charge is 2.22. The summed E-state index contributed by atoms with van der Waals surface area (Å²) < 4.78 is 2.20. The van der Waals surface area contributed by atoms with Crippen LogP contribution >= 0.6 is 0 Å². The van der Waals surface area contributed by atoms with Crippen molar-refractivity contribution in [2.24, 2.45) is 7.05 Å². The van der Waals surface area contributed by atoms with E-state index in [0.717, 1.165) is 60.5 Å². The molecule has 1 aliphatic rings. The molecular weight excluding hydrogens is 426 g/mol. The maximum absolute atomic E-state index is 11.1. The quantitative estimate of drug-likeness (QED) is 0.436. The Bertz CT molecular complexity index is 1300. The maximum Gasteiger partial charge on any atom is 0.335 e. The molecular formula is C27H29N5O2. The minimum absolute atomic E-state index is 0.346. The van der Waals surface area contributed by atoms with E-state index in [-0.39, 0.29) is 0 Å². The molecule has 1 fully saturated rings. The molecule has 0 atom stereocenters. The summed E-state index contributed by atoms with van der Waals surface area (Å²) in [5.41, 5.74) is 6.04. The molecule has 0 unspecified atom stereocenters. The first kappa shape index (κ1) is 22.1. The molecule has 7 heteroatoms. The third-order valence-corrected chi connectivity index (χ3v) is 6.96. The Morgan fingerprint density at radius 1 is 1.09 bits per heavy atom. The largest absolute Gasteiger partial charge is 0.478 e. The molecule has 1 aliphatic heterocycles. The van der Waals surface area contributed by atoms with Crippen molar-refractivity contribution in [1.29, 1.82) is 0 Å². The lowest BCUT2D eigenvalue weighted by Crippen LogP contribution is -2.33. The molecule has 5 rings (SSSR count). The minimum Gasteiger partial charge on any atom is -0.478 e. The number of piperidine rings is 1. The van der Waals surface area contributed by atoms with Crippen molar-refractivity contribution >= 4 is 22.8 Å². The van der Waals surface area contributed by atoms with Crippen LogP contribution in [-0.2, 0) is 13.6 Å². The van der Waals surface area contributed by atoms with Gasteiger partial charge in [-0.3, -0.25) is 4.90 Å². The number of fused-ring (bicyclic) bond motifs is 1. The number of pyridine rings is 2. The molecule has 0 aliphatic carbocycles. The molecule has 7 nitrogen and oxygen atoms in total. The highest BCUT2D eigenvalue weighted by atomic mass is 16.4. The van der Waals surface area contributed by atoms with Crippen LogP contribution in [0.3, 0.4) is 0 Å². The second kappa shape index (κ2) is 9.27. The normalized spacial score (nSPS) is 15.0. The summed E-state index contributed by atoms with van der Waals surface area (Å²) in [4.78, 5) is 22.7. The van der Waals surface area contributed by atoms with Gasteiger partial charge in [0.1, 0.15) is 11.5 Å². The van der Waals surface area contributed by atoms with Gasteiger partial charge < -0.3 is 15.0 Å². The summed E-state index contributed by atoms with van der Waals surface area (Å²) in [6.45, 7) is 2.92. The molecule has 174 valence electrons. The Morgan fingerprint density at radius 2 is 1.85 bits per heavy atom. The Morgan fingerprint density at radius 3 is 2.50 bits per heavy atom. The van der Waals surface area contributed by atoms with Gasteiger partial charge in [0, 0.05) is 49.7 Å². The van der Waals surface area contributed by atoms with E-state index in [2.05, 4.69) is 50.0 Å². The fourth-order valence-electron chi connectivity index (χ4n) is 4.93. The van der Waals surface area contributed by atoms with Crippen molar-refractivity contribution in [3.05, 3.63) is 77.7 Å². The Hall–Kier alpha value is -3.71. The molecule has 34 heavy (non-hydrogen) atoms. The molecule has 3 aromatic heterocycles. The van der Waals surface area contributed by atoms with Gasteiger partial charge >= 0.3 is 5.97 Å². The number of hydrogen-bond acceptors (Lipinski definition) is 5. The number of likely N-dealkylation sites (tertiary alicyclic amines) is 1. The number of aromatic nitrogens is 3. The van der Waals surface area contributed by atoms with E-state index in [4.69, 9.17) is 5.11 Å². The summed E-state index contributed by atoms with van der Waals surface area (Å²) in [5.74, 6) is 0.456. The second-order valence-electron chi connectivity index (χ2n) is 8.95.